The van der Waals surface area contributed by atoms with Crippen molar-refractivity contribution in [2.75, 3.05) is 0 Å². The fraction of sp³-hybridized carbons (Fsp3) is 0.500. The highest BCUT2D eigenvalue weighted by atomic mass is 19.1. The Labute approximate surface area is 95.7 Å². The first-order valence-corrected chi connectivity index (χ1v) is 5.99. The molecular formula is C14H17FO. The number of ketones is 1. The Morgan fingerprint density at radius 3 is 2.38 bits per heavy atom. The molecule has 0 spiro atoms. The maximum absolute atomic E-state index is 12.7. The highest BCUT2D eigenvalue weighted by molar-refractivity contribution is 5.85. The molecule has 1 fully saturated rings. The van der Waals surface area contributed by atoms with Gasteiger partial charge in [-0.05, 0) is 43.4 Å². The molecule has 0 heterocycles. The minimum atomic E-state index is -0.215. The van der Waals surface area contributed by atoms with Crippen LogP contribution in [0.3, 0.4) is 0 Å². The summed E-state index contributed by atoms with van der Waals surface area (Å²) in [5.41, 5.74) is 1.07. The zero-order valence-electron chi connectivity index (χ0n) is 9.58. The largest absolute Gasteiger partial charge is 0.299 e. The van der Waals surface area contributed by atoms with Gasteiger partial charge in [-0.15, -0.1) is 0 Å². The predicted molar refractivity (Wildman–Crippen MR) is 61.6 cm³/mol. The van der Waals surface area contributed by atoms with E-state index in [0.717, 1.165) is 31.2 Å². The normalized spacial score (nSPS) is 25.0. The fourth-order valence-electron chi connectivity index (χ4n) is 2.53. The van der Waals surface area contributed by atoms with Crippen LogP contribution in [0.1, 0.15) is 31.7 Å². The van der Waals surface area contributed by atoms with E-state index in [1.54, 1.807) is 12.1 Å². The zero-order valence-corrected chi connectivity index (χ0v) is 9.58. The maximum Gasteiger partial charge on any atom is 0.139 e. The van der Waals surface area contributed by atoms with Crippen LogP contribution in [-0.4, -0.2) is 5.78 Å². The summed E-state index contributed by atoms with van der Waals surface area (Å²) in [6.45, 7) is 2.07. The molecular weight excluding hydrogens is 203 g/mol. The molecule has 0 saturated heterocycles. The lowest BCUT2D eigenvalue weighted by Gasteiger charge is -2.09. The molecule has 0 amide bonds. The van der Waals surface area contributed by atoms with E-state index < -0.39 is 0 Å². The van der Waals surface area contributed by atoms with E-state index in [9.17, 15) is 9.18 Å². The van der Waals surface area contributed by atoms with Crippen LogP contribution in [-0.2, 0) is 11.2 Å². The summed E-state index contributed by atoms with van der Waals surface area (Å²) in [6, 6.07) is 6.49. The van der Waals surface area contributed by atoms with Gasteiger partial charge in [0.2, 0.25) is 0 Å². The Morgan fingerprint density at radius 2 is 1.81 bits per heavy atom. The van der Waals surface area contributed by atoms with Crippen molar-refractivity contribution in [2.24, 2.45) is 11.8 Å². The third-order valence-corrected chi connectivity index (χ3v) is 3.56. The molecule has 0 aliphatic heterocycles. The number of hydrogen-bond donors (Lipinski definition) is 0. The van der Waals surface area contributed by atoms with Gasteiger partial charge in [-0.1, -0.05) is 19.1 Å². The van der Waals surface area contributed by atoms with E-state index in [1.807, 2.05) is 0 Å². The number of carbonyl (C=O) groups excluding carboxylic acids is 1. The molecule has 2 rings (SSSR count). The van der Waals surface area contributed by atoms with Gasteiger partial charge in [0, 0.05) is 11.8 Å². The SMILES string of the molecule is CCC1CCC(Cc2ccc(F)cc2)C1=O. The summed E-state index contributed by atoms with van der Waals surface area (Å²) < 4.78 is 12.7. The first-order valence-electron chi connectivity index (χ1n) is 5.99. The number of hydrogen-bond acceptors (Lipinski definition) is 1. The lowest BCUT2D eigenvalue weighted by atomic mass is 9.95. The maximum atomic E-state index is 12.7. The third-order valence-electron chi connectivity index (χ3n) is 3.56. The first kappa shape index (κ1) is 11.3. The molecule has 0 N–H and O–H groups in total. The third kappa shape index (κ3) is 2.31. The fourth-order valence-corrected chi connectivity index (χ4v) is 2.53. The van der Waals surface area contributed by atoms with Crippen LogP contribution in [0.25, 0.3) is 0 Å². The monoisotopic (exact) mass is 220 g/mol. The average Bonchev–Trinajstić information content (AvgIpc) is 2.63. The van der Waals surface area contributed by atoms with Crippen molar-refractivity contribution in [1.82, 2.24) is 0 Å². The Balaban J connectivity index is 2.01. The van der Waals surface area contributed by atoms with E-state index in [0.29, 0.717) is 5.78 Å². The predicted octanol–water partition coefficient (Wildman–Crippen LogP) is 3.37. The molecule has 16 heavy (non-hydrogen) atoms. The second-order valence-electron chi connectivity index (χ2n) is 4.61. The van der Waals surface area contributed by atoms with Gasteiger partial charge in [0.05, 0.1) is 0 Å². The highest BCUT2D eigenvalue weighted by Gasteiger charge is 2.32. The minimum Gasteiger partial charge on any atom is -0.299 e. The van der Waals surface area contributed by atoms with Gasteiger partial charge in [0.1, 0.15) is 11.6 Å². The molecule has 1 aliphatic rings. The summed E-state index contributed by atoms with van der Waals surface area (Å²) in [4.78, 5) is 11.9. The lowest BCUT2D eigenvalue weighted by Crippen LogP contribution is -2.15. The van der Waals surface area contributed by atoms with Crippen LogP contribution >= 0.6 is 0 Å². The Hall–Kier alpha value is -1.18. The van der Waals surface area contributed by atoms with Crippen molar-refractivity contribution in [2.45, 2.75) is 32.6 Å². The molecule has 0 aromatic heterocycles. The van der Waals surface area contributed by atoms with E-state index >= 15 is 0 Å². The van der Waals surface area contributed by atoms with Gasteiger partial charge in [-0.25, -0.2) is 4.39 Å². The van der Waals surface area contributed by atoms with E-state index in [1.165, 1.54) is 12.1 Å². The van der Waals surface area contributed by atoms with E-state index in [-0.39, 0.29) is 17.7 Å². The molecule has 0 radical (unpaired) electrons. The summed E-state index contributed by atoms with van der Waals surface area (Å²) in [5, 5.41) is 0. The number of rotatable bonds is 3. The summed E-state index contributed by atoms with van der Waals surface area (Å²) >= 11 is 0. The quantitative estimate of drug-likeness (QED) is 0.763. The van der Waals surface area contributed by atoms with Crippen molar-refractivity contribution in [1.29, 1.82) is 0 Å². The number of Topliss-reactive ketones (excluding diaryl/α,β-unsaturated/α-hetero) is 1. The van der Waals surface area contributed by atoms with Crippen LogP contribution in [0.15, 0.2) is 24.3 Å². The molecule has 1 saturated carbocycles. The van der Waals surface area contributed by atoms with Gasteiger partial charge in [0.25, 0.3) is 0 Å². The Kier molecular flexibility index (Phi) is 3.37. The van der Waals surface area contributed by atoms with Gasteiger partial charge >= 0.3 is 0 Å². The van der Waals surface area contributed by atoms with Crippen molar-refractivity contribution in [3.05, 3.63) is 35.6 Å². The summed E-state index contributed by atoms with van der Waals surface area (Å²) in [7, 11) is 0. The molecule has 1 aromatic carbocycles. The van der Waals surface area contributed by atoms with Crippen LogP contribution in [0.4, 0.5) is 4.39 Å². The van der Waals surface area contributed by atoms with Crippen LogP contribution in [0.2, 0.25) is 0 Å². The minimum absolute atomic E-state index is 0.162. The van der Waals surface area contributed by atoms with Gasteiger partial charge < -0.3 is 0 Å². The molecule has 1 aliphatic carbocycles. The van der Waals surface area contributed by atoms with Crippen LogP contribution in [0, 0.1) is 17.7 Å². The van der Waals surface area contributed by atoms with Crippen molar-refractivity contribution < 1.29 is 9.18 Å². The van der Waals surface area contributed by atoms with Gasteiger partial charge in [-0.3, -0.25) is 4.79 Å². The van der Waals surface area contributed by atoms with Crippen molar-refractivity contribution in [3.8, 4) is 0 Å². The number of benzene rings is 1. The topological polar surface area (TPSA) is 17.1 Å². The molecule has 1 aromatic rings. The average molecular weight is 220 g/mol. The second kappa shape index (κ2) is 4.77. The molecule has 0 bridgehead atoms. The Bertz CT molecular complexity index is 369. The van der Waals surface area contributed by atoms with Gasteiger partial charge in [0.15, 0.2) is 0 Å². The standard InChI is InChI=1S/C14H17FO/c1-2-11-5-6-12(14(11)16)9-10-3-7-13(15)8-4-10/h3-4,7-8,11-12H,2,5-6,9H2,1H3. The second-order valence-corrected chi connectivity index (χ2v) is 4.61. The molecule has 1 nitrogen and oxygen atoms in total. The Morgan fingerprint density at radius 1 is 1.19 bits per heavy atom. The van der Waals surface area contributed by atoms with Crippen LogP contribution in [0.5, 0.6) is 0 Å². The first-order chi connectivity index (χ1) is 7.70. The number of carbonyl (C=O) groups is 1. The van der Waals surface area contributed by atoms with Gasteiger partial charge in [-0.2, -0.15) is 0 Å². The zero-order chi connectivity index (χ0) is 11.5. The van der Waals surface area contributed by atoms with E-state index in [4.69, 9.17) is 0 Å². The van der Waals surface area contributed by atoms with Crippen molar-refractivity contribution >= 4 is 5.78 Å². The molecule has 2 atom stereocenters. The van der Waals surface area contributed by atoms with Crippen molar-refractivity contribution in [3.63, 3.8) is 0 Å². The number of halogens is 1. The lowest BCUT2D eigenvalue weighted by molar-refractivity contribution is -0.123. The molecule has 2 unspecified atom stereocenters. The molecule has 86 valence electrons. The molecule has 2 heteroatoms. The summed E-state index contributed by atoms with van der Waals surface area (Å²) in [6.07, 6.45) is 3.75. The van der Waals surface area contributed by atoms with Crippen LogP contribution < -0.4 is 0 Å². The summed E-state index contributed by atoms with van der Waals surface area (Å²) in [5.74, 6) is 0.626. The highest BCUT2D eigenvalue weighted by Crippen LogP contribution is 2.31. The van der Waals surface area contributed by atoms with E-state index in [2.05, 4.69) is 6.92 Å². The smallest absolute Gasteiger partial charge is 0.139 e.